The van der Waals surface area contributed by atoms with Gasteiger partial charge >= 0.3 is 0 Å². The van der Waals surface area contributed by atoms with Gasteiger partial charge in [0.1, 0.15) is 0 Å². The van der Waals surface area contributed by atoms with Crippen molar-refractivity contribution >= 4 is 17.4 Å². The molecule has 0 aromatic heterocycles. The zero-order chi connectivity index (χ0) is 14.3. The van der Waals surface area contributed by atoms with Crippen molar-refractivity contribution in [3.05, 3.63) is 44.5 Å². The molecule has 0 saturated heterocycles. The van der Waals surface area contributed by atoms with Crippen LogP contribution in [0.3, 0.4) is 0 Å². The average molecular weight is 294 g/mol. The van der Waals surface area contributed by atoms with E-state index in [1.165, 1.54) is 0 Å². The Morgan fingerprint density at radius 2 is 2.10 bits per heavy atom. The number of fused-ring (bicyclic) bond motifs is 4. The summed E-state index contributed by atoms with van der Waals surface area (Å²) in [5, 5.41) is 12.2. The molecule has 106 valence electrons. The summed E-state index contributed by atoms with van der Waals surface area (Å²) < 4.78 is 0. The molecule has 1 aromatic carbocycles. The van der Waals surface area contributed by atoms with Crippen LogP contribution < -0.4 is 0 Å². The molecule has 0 aliphatic heterocycles. The van der Waals surface area contributed by atoms with E-state index in [9.17, 15) is 14.9 Å². The van der Waals surface area contributed by atoms with Crippen molar-refractivity contribution in [1.82, 2.24) is 0 Å². The SMILES string of the molecule is O=C1[C@H]2CCCCC[C@]1([N+](=O)[O-])Cc1cc(Cl)ccc12. The average Bonchev–Trinajstić information content (AvgIpc) is 2.40. The van der Waals surface area contributed by atoms with E-state index < -0.39 is 5.54 Å². The van der Waals surface area contributed by atoms with Crippen molar-refractivity contribution < 1.29 is 9.72 Å². The van der Waals surface area contributed by atoms with Gasteiger partial charge in [-0.3, -0.25) is 14.9 Å². The highest BCUT2D eigenvalue weighted by molar-refractivity contribution is 6.30. The van der Waals surface area contributed by atoms with Gasteiger partial charge in [-0.2, -0.15) is 0 Å². The maximum absolute atomic E-state index is 12.7. The summed E-state index contributed by atoms with van der Waals surface area (Å²) in [6.45, 7) is 0. The molecular weight excluding hydrogens is 278 g/mol. The molecule has 2 bridgehead atoms. The smallest absolute Gasteiger partial charge is 0.283 e. The monoisotopic (exact) mass is 293 g/mol. The first-order chi connectivity index (χ1) is 9.54. The fourth-order valence-corrected chi connectivity index (χ4v) is 3.82. The molecule has 1 saturated carbocycles. The molecule has 1 fully saturated rings. The number of benzene rings is 1. The van der Waals surface area contributed by atoms with Crippen LogP contribution in [-0.2, 0) is 11.2 Å². The second kappa shape index (κ2) is 4.85. The van der Waals surface area contributed by atoms with Crippen LogP contribution in [-0.4, -0.2) is 16.2 Å². The lowest BCUT2D eigenvalue weighted by Gasteiger charge is -2.36. The van der Waals surface area contributed by atoms with Crippen LogP contribution in [0.25, 0.3) is 0 Å². The largest absolute Gasteiger partial charge is 0.291 e. The number of nitrogens with zero attached hydrogens (tertiary/aromatic N) is 1. The van der Waals surface area contributed by atoms with Gasteiger partial charge in [0.15, 0.2) is 0 Å². The second-order valence-corrected chi connectivity index (χ2v) is 6.26. The van der Waals surface area contributed by atoms with Crippen molar-refractivity contribution in [2.24, 2.45) is 0 Å². The van der Waals surface area contributed by atoms with Crippen LogP contribution in [0, 0.1) is 10.1 Å². The Morgan fingerprint density at radius 3 is 2.85 bits per heavy atom. The lowest BCUT2D eigenvalue weighted by Crippen LogP contribution is -2.53. The van der Waals surface area contributed by atoms with Gasteiger partial charge in [0.2, 0.25) is 5.78 Å². The van der Waals surface area contributed by atoms with Gasteiger partial charge < -0.3 is 0 Å². The van der Waals surface area contributed by atoms with Crippen LogP contribution in [0.4, 0.5) is 0 Å². The standard InChI is InChI=1S/C15H16ClNO3/c16-11-5-6-12-10(8-11)9-15(17(19)20)7-3-1-2-4-13(12)14(15)18/h5-6,8,13H,1-4,7,9H2/t13-,15-/m0/s1. The number of halogens is 1. The first-order valence-electron chi connectivity index (χ1n) is 7.02. The van der Waals surface area contributed by atoms with E-state index in [-0.39, 0.29) is 23.0 Å². The number of carbonyl (C=O) groups excluding carboxylic acids is 1. The molecule has 0 amide bonds. The van der Waals surface area contributed by atoms with Crippen LogP contribution >= 0.6 is 11.6 Å². The molecule has 2 aliphatic rings. The van der Waals surface area contributed by atoms with E-state index in [4.69, 9.17) is 11.6 Å². The van der Waals surface area contributed by atoms with E-state index >= 15 is 0 Å². The Labute approximate surface area is 122 Å². The van der Waals surface area contributed by atoms with Gasteiger partial charge in [-0.15, -0.1) is 0 Å². The number of nitro groups is 1. The van der Waals surface area contributed by atoms with Gasteiger partial charge in [-0.1, -0.05) is 30.5 Å². The highest BCUT2D eigenvalue weighted by Gasteiger charge is 2.56. The molecule has 0 unspecified atom stereocenters. The van der Waals surface area contributed by atoms with E-state index in [0.717, 1.165) is 30.4 Å². The summed E-state index contributed by atoms with van der Waals surface area (Å²) in [5.41, 5.74) is 0.391. The van der Waals surface area contributed by atoms with E-state index in [1.54, 1.807) is 12.1 Å². The summed E-state index contributed by atoms with van der Waals surface area (Å²) in [7, 11) is 0. The van der Waals surface area contributed by atoms with Crippen molar-refractivity contribution in [3.63, 3.8) is 0 Å². The minimum atomic E-state index is -1.43. The Hall–Kier alpha value is -1.42. The number of hydrogen-bond donors (Lipinski definition) is 0. The maximum atomic E-state index is 12.7. The van der Waals surface area contributed by atoms with Crippen molar-refractivity contribution in [2.45, 2.75) is 50.0 Å². The fraction of sp³-hybridized carbons (Fsp3) is 0.533. The Bertz CT molecular complexity index is 586. The van der Waals surface area contributed by atoms with E-state index in [2.05, 4.69) is 0 Å². The fourth-order valence-electron chi connectivity index (χ4n) is 3.62. The first kappa shape index (κ1) is 13.6. The van der Waals surface area contributed by atoms with Crippen LogP contribution in [0.5, 0.6) is 0 Å². The molecule has 1 aromatic rings. The molecule has 4 nitrogen and oxygen atoms in total. The summed E-state index contributed by atoms with van der Waals surface area (Å²) in [5.74, 6) is -0.529. The van der Waals surface area contributed by atoms with Gasteiger partial charge in [-0.05, 0) is 36.1 Å². The Balaban J connectivity index is 2.17. The molecular formula is C15H16ClNO3. The van der Waals surface area contributed by atoms with Gasteiger partial charge in [0.05, 0.1) is 12.3 Å². The molecule has 5 heteroatoms. The van der Waals surface area contributed by atoms with Crippen molar-refractivity contribution in [2.75, 3.05) is 0 Å². The third-order valence-electron chi connectivity index (χ3n) is 4.67. The third-order valence-corrected chi connectivity index (χ3v) is 4.91. The molecule has 20 heavy (non-hydrogen) atoms. The molecule has 0 radical (unpaired) electrons. The molecule has 0 N–H and O–H groups in total. The van der Waals surface area contributed by atoms with Gasteiger partial charge in [0.25, 0.3) is 5.54 Å². The summed E-state index contributed by atoms with van der Waals surface area (Å²) in [6.07, 6.45) is 3.90. The first-order valence-corrected chi connectivity index (χ1v) is 7.39. The van der Waals surface area contributed by atoms with Crippen LogP contribution in [0.15, 0.2) is 18.2 Å². The predicted molar refractivity (Wildman–Crippen MR) is 75.7 cm³/mol. The lowest BCUT2D eigenvalue weighted by atomic mass is 9.66. The number of rotatable bonds is 1. The third kappa shape index (κ3) is 1.94. The van der Waals surface area contributed by atoms with Gasteiger partial charge in [0, 0.05) is 16.4 Å². The number of hydrogen-bond acceptors (Lipinski definition) is 3. The van der Waals surface area contributed by atoms with Crippen LogP contribution in [0.1, 0.15) is 49.1 Å². The normalized spacial score (nSPS) is 29.2. The van der Waals surface area contributed by atoms with Gasteiger partial charge in [-0.25, -0.2) is 0 Å². The summed E-state index contributed by atoms with van der Waals surface area (Å²) in [6, 6.07) is 5.42. The Morgan fingerprint density at radius 1 is 1.30 bits per heavy atom. The van der Waals surface area contributed by atoms with Crippen molar-refractivity contribution in [3.8, 4) is 0 Å². The van der Waals surface area contributed by atoms with E-state index in [1.807, 2.05) is 6.07 Å². The molecule has 2 aliphatic carbocycles. The zero-order valence-corrected chi connectivity index (χ0v) is 11.9. The topological polar surface area (TPSA) is 60.2 Å². The summed E-state index contributed by atoms with van der Waals surface area (Å²) in [4.78, 5) is 24.0. The van der Waals surface area contributed by atoms with Crippen molar-refractivity contribution in [1.29, 1.82) is 0 Å². The minimum absolute atomic E-state index is 0.186. The molecule has 3 rings (SSSR count). The minimum Gasteiger partial charge on any atom is -0.291 e. The molecule has 2 atom stereocenters. The molecule has 0 heterocycles. The highest BCUT2D eigenvalue weighted by Crippen LogP contribution is 2.43. The number of carbonyl (C=O) groups is 1. The number of Topliss-reactive ketones (excluding diaryl/α,β-unsaturated/α-hetero) is 1. The van der Waals surface area contributed by atoms with E-state index in [0.29, 0.717) is 17.9 Å². The lowest BCUT2D eigenvalue weighted by molar-refractivity contribution is -0.554. The quantitative estimate of drug-likeness (QED) is 0.588. The number of ketones is 1. The summed E-state index contributed by atoms with van der Waals surface area (Å²) >= 11 is 6.01. The molecule has 0 spiro atoms. The predicted octanol–water partition coefficient (Wildman–Crippen LogP) is 3.53. The van der Waals surface area contributed by atoms with Crippen LogP contribution in [0.2, 0.25) is 5.02 Å². The maximum Gasteiger partial charge on any atom is 0.283 e. The zero-order valence-electron chi connectivity index (χ0n) is 11.1. The highest BCUT2D eigenvalue weighted by atomic mass is 35.5. The Kier molecular flexibility index (Phi) is 3.28. The second-order valence-electron chi connectivity index (χ2n) is 5.82.